The first-order valence-corrected chi connectivity index (χ1v) is 7.11. The molecule has 4 N–H and O–H groups in total. The molecule has 0 saturated heterocycles. The summed E-state index contributed by atoms with van der Waals surface area (Å²) in [7, 11) is 0. The molecule has 5 nitrogen and oxygen atoms in total. The minimum Gasteiger partial charge on any atom is -0.378 e. The monoisotopic (exact) mass is 332 g/mol. The van der Waals surface area contributed by atoms with Gasteiger partial charge in [-0.3, -0.25) is 9.59 Å². The first-order chi connectivity index (χ1) is 10.7. The highest BCUT2D eigenvalue weighted by atomic mass is 19.4. The Balaban J connectivity index is 2.77. The minimum absolute atomic E-state index is 0.00536. The topological polar surface area (TPSA) is 92.4 Å². The summed E-state index contributed by atoms with van der Waals surface area (Å²) in [4.78, 5) is 23.2. The summed E-state index contributed by atoms with van der Waals surface area (Å²) in [5, 5.41) is 12.2. The number of carbonyl (C=O) groups excluding carboxylic acids is 2. The van der Waals surface area contributed by atoms with Gasteiger partial charge in [0, 0.05) is 0 Å². The molecule has 0 aromatic heterocycles. The fourth-order valence-electron chi connectivity index (χ4n) is 1.95. The first kappa shape index (κ1) is 19.0. The SMILES string of the molecule is CCCC[C@@H](NC(=O)[C@@H](O)c1ccc(C(F)(F)F)cc1)C(N)=O. The summed E-state index contributed by atoms with van der Waals surface area (Å²) in [5.41, 5.74) is 4.28. The number of alkyl halides is 3. The largest absolute Gasteiger partial charge is 0.416 e. The van der Waals surface area contributed by atoms with Crippen LogP contribution in [0.5, 0.6) is 0 Å². The lowest BCUT2D eigenvalue weighted by atomic mass is 10.0. The van der Waals surface area contributed by atoms with Crippen molar-refractivity contribution in [2.45, 2.75) is 44.5 Å². The quantitative estimate of drug-likeness (QED) is 0.712. The standard InChI is InChI=1S/C15H19F3N2O3/c1-2-3-4-11(13(19)22)20-14(23)12(21)9-5-7-10(8-6-9)15(16,17)18/h5-8,11-12,21H,2-4H2,1H3,(H2,19,22)(H,20,23)/t11-,12+/m1/s1. The molecule has 0 saturated carbocycles. The maximum atomic E-state index is 12.5. The highest BCUT2D eigenvalue weighted by Gasteiger charge is 2.31. The molecular formula is C15H19F3N2O3. The van der Waals surface area contributed by atoms with Gasteiger partial charge in [0.25, 0.3) is 5.91 Å². The second kappa shape index (κ2) is 7.96. The first-order valence-electron chi connectivity index (χ1n) is 7.11. The van der Waals surface area contributed by atoms with Crippen LogP contribution < -0.4 is 11.1 Å². The third kappa shape index (κ3) is 5.55. The summed E-state index contributed by atoms with van der Waals surface area (Å²) in [5.74, 6) is -1.61. The van der Waals surface area contributed by atoms with Gasteiger partial charge in [-0.05, 0) is 24.1 Å². The molecule has 0 heterocycles. The van der Waals surface area contributed by atoms with Gasteiger partial charge in [0.05, 0.1) is 5.56 Å². The van der Waals surface area contributed by atoms with Crippen molar-refractivity contribution >= 4 is 11.8 Å². The maximum absolute atomic E-state index is 12.5. The van der Waals surface area contributed by atoms with Gasteiger partial charge in [-0.15, -0.1) is 0 Å². The Morgan fingerprint density at radius 3 is 2.26 bits per heavy atom. The molecule has 1 aromatic rings. The van der Waals surface area contributed by atoms with Gasteiger partial charge < -0.3 is 16.2 Å². The van der Waals surface area contributed by atoms with E-state index in [1.54, 1.807) is 0 Å². The van der Waals surface area contributed by atoms with E-state index >= 15 is 0 Å². The van der Waals surface area contributed by atoms with E-state index in [2.05, 4.69) is 5.32 Å². The molecule has 0 aliphatic heterocycles. The summed E-state index contributed by atoms with van der Waals surface area (Å²) in [6.07, 6.45) is -4.40. The van der Waals surface area contributed by atoms with Crippen molar-refractivity contribution in [3.05, 3.63) is 35.4 Å². The van der Waals surface area contributed by atoms with Crippen LogP contribution in [0.25, 0.3) is 0 Å². The number of halogens is 3. The van der Waals surface area contributed by atoms with Crippen molar-refractivity contribution in [1.82, 2.24) is 5.32 Å². The zero-order valence-electron chi connectivity index (χ0n) is 12.6. The third-order valence-corrected chi connectivity index (χ3v) is 3.31. The predicted molar refractivity (Wildman–Crippen MR) is 77.1 cm³/mol. The summed E-state index contributed by atoms with van der Waals surface area (Å²) >= 11 is 0. The molecule has 128 valence electrons. The van der Waals surface area contributed by atoms with Gasteiger partial charge in [0.1, 0.15) is 6.04 Å². The molecular weight excluding hydrogens is 313 g/mol. The van der Waals surface area contributed by atoms with Gasteiger partial charge in [-0.1, -0.05) is 31.9 Å². The van der Waals surface area contributed by atoms with Crippen LogP contribution in [0.3, 0.4) is 0 Å². The van der Waals surface area contributed by atoms with E-state index < -0.39 is 35.7 Å². The Morgan fingerprint density at radius 1 is 1.26 bits per heavy atom. The predicted octanol–water partition coefficient (Wildman–Crippen LogP) is 1.90. The molecule has 0 unspecified atom stereocenters. The lowest BCUT2D eigenvalue weighted by Crippen LogP contribution is -2.46. The summed E-state index contributed by atoms with van der Waals surface area (Å²) < 4.78 is 37.4. The molecule has 23 heavy (non-hydrogen) atoms. The van der Waals surface area contributed by atoms with Crippen LogP contribution in [0, 0.1) is 0 Å². The minimum atomic E-state index is -4.50. The number of amides is 2. The number of hydrogen-bond acceptors (Lipinski definition) is 3. The highest BCUT2D eigenvalue weighted by molar-refractivity contribution is 5.88. The summed E-state index contributed by atoms with van der Waals surface area (Å²) in [6, 6.07) is 2.64. The fourth-order valence-corrected chi connectivity index (χ4v) is 1.95. The van der Waals surface area contributed by atoms with Crippen LogP contribution in [-0.2, 0) is 15.8 Å². The normalized spacial score (nSPS) is 14.1. The van der Waals surface area contributed by atoms with E-state index in [-0.39, 0.29) is 5.56 Å². The molecule has 0 radical (unpaired) electrons. The van der Waals surface area contributed by atoms with E-state index in [1.165, 1.54) is 0 Å². The smallest absolute Gasteiger partial charge is 0.378 e. The Hall–Kier alpha value is -2.09. The van der Waals surface area contributed by atoms with Crippen LogP contribution in [-0.4, -0.2) is 23.0 Å². The second-order valence-electron chi connectivity index (χ2n) is 5.13. The van der Waals surface area contributed by atoms with Gasteiger partial charge in [0.15, 0.2) is 6.10 Å². The summed E-state index contributed by atoms with van der Waals surface area (Å²) in [6.45, 7) is 1.90. The number of benzene rings is 1. The van der Waals surface area contributed by atoms with Crippen molar-refractivity contribution in [3.8, 4) is 0 Å². The second-order valence-corrected chi connectivity index (χ2v) is 5.13. The number of carbonyl (C=O) groups is 2. The maximum Gasteiger partial charge on any atom is 0.416 e. The van der Waals surface area contributed by atoms with Gasteiger partial charge >= 0.3 is 6.18 Å². The van der Waals surface area contributed by atoms with Crippen molar-refractivity contribution in [1.29, 1.82) is 0 Å². The molecule has 1 aromatic carbocycles. The van der Waals surface area contributed by atoms with E-state index in [4.69, 9.17) is 5.73 Å². The number of primary amides is 1. The molecule has 2 atom stereocenters. The number of hydrogen-bond donors (Lipinski definition) is 3. The zero-order valence-corrected chi connectivity index (χ0v) is 12.6. The number of aliphatic hydroxyl groups is 1. The Labute approximate surface area is 131 Å². The Kier molecular flexibility index (Phi) is 6.56. The lowest BCUT2D eigenvalue weighted by Gasteiger charge is -2.18. The molecule has 1 rings (SSSR count). The van der Waals surface area contributed by atoms with E-state index in [1.807, 2.05) is 6.92 Å². The molecule has 0 aliphatic rings. The van der Waals surface area contributed by atoms with Crippen LogP contribution in [0.15, 0.2) is 24.3 Å². The van der Waals surface area contributed by atoms with E-state index in [0.717, 1.165) is 30.7 Å². The van der Waals surface area contributed by atoms with Gasteiger partial charge in [-0.2, -0.15) is 13.2 Å². The van der Waals surface area contributed by atoms with E-state index in [9.17, 15) is 27.9 Å². The highest BCUT2D eigenvalue weighted by Crippen LogP contribution is 2.29. The number of unbranched alkanes of at least 4 members (excludes halogenated alkanes) is 1. The average molecular weight is 332 g/mol. The molecule has 0 fully saturated rings. The van der Waals surface area contributed by atoms with Crippen LogP contribution in [0.2, 0.25) is 0 Å². The molecule has 0 spiro atoms. The zero-order chi connectivity index (χ0) is 17.6. The average Bonchev–Trinajstić information content (AvgIpc) is 2.49. The van der Waals surface area contributed by atoms with Crippen LogP contribution >= 0.6 is 0 Å². The Bertz CT molecular complexity index is 544. The number of rotatable bonds is 7. The molecule has 2 amide bonds. The molecule has 0 bridgehead atoms. The van der Waals surface area contributed by atoms with Crippen molar-refractivity contribution in [3.63, 3.8) is 0 Å². The van der Waals surface area contributed by atoms with Crippen molar-refractivity contribution < 1.29 is 27.9 Å². The van der Waals surface area contributed by atoms with E-state index in [0.29, 0.717) is 12.8 Å². The third-order valence-electron chi connectivity index (χ3n) is 3.31. The van der Waals surface area contributed by atoms with Crippen LogP contribution in [0.1, 0.15) is 43.4 Å². The van der Waals surface area contributed by atoms with Crippen molar-refractivity contribution in [2.75, 3.05) is 0 Å². The number of nitrogens with two attached hydrogens (primary N) is 1. The lowest BCUT2D eigenvalue weighted by molar-refractivity contribution is -0.137. The van der Waals surface area contributed by atoms with Gasteiger partial charge in [0.2, 0.25) is 5.91 Å². The molecule has 8 heteroatoms. The van der Waals surface area contributed by atoms with Crippen LogP contribution in [0.4, 0.5) is 13.2 Å². The van der Waals surface area contributed by atoms with Crippen molar-refractivity contribution in [2.24, 2.45) is 5.73 Å². The number of aliphatic hydroxyl groups excluding tert-OH is 1. The van der Waals surface area contributed by atoms with Gasteiger partial charge in [-0.25, -0.2) is 0 Å². The fraction of sp³-hybridized carbons (Fsp3) is 0.467. The molecule has 0 aliphatic carbocycles. The number of nitrogens with one attached hydrogen (secondary N) is 1. The Morgan fingerprint density at radius 2 is 1.83 bits per heavy atom.